The van der Waals surface area contributed by atoms with Crippen LogP contribution in [0.4, 0.5) is 28.4 Å². The van der Waals surface area contributed by atoms with E-state index in [9.17, 15) is 37.1 Å². The first-order chi connectivity index (χ1) is 24.1. The molecule has 2 aromatic carbocycles. The van der Waals surface area contributed by atoms with Gasteiger partial charge in [-0.05, 0) is 76.1 Å². The maximum absolute atomic E-state index is 14.9. The number of alkyl carbamates (subject to hydrolysis) is 1. The number of allylic oxidation sites excluding steroid dienone is 1. The topological polar surface area (TPSA) is 173 Å². The van der Waals surface area contributed by atoms with E-state index in [-0.39, 0.29) is 53.0 Å². The van der Waals surface area contributed by atoms with Crippen molar-refractivity contribution in [1.82, 2.24) is 14.5 Å². The quantitative estimate of drug-likeness (QED) is 0.170. The number of fused-ring (bicyclic) bond motifs is 1. The second-order valence-corrected chi connectivity index (χ2v) is 12.2. The predicted molar refractivity (Wildman–Crippen MR) is 180 cm³/mol. The van der Waals surface area contributed by atoms with Crippen molar-refractivity contribution in [2.45, 2.75) is 58.4 Å². The van der Waals surface area contributed by atoms with Gasteiger partial charge in [0.05, 0.1) is 19.3 Å². The molecule has 4 N–H and O–H groups in total. The number of methoxy groups -OCH3 is 1. The Morgan fingerprint density at radius 2 is 1.76 bits per heavy atom. The number of amides is 3. The Kier molecular flexibility index (Phi) is 11.9. The molecule has 0 radical (unpaired) electrons. The lowest BCUT2D eigenvalue weighted by Gasteiger charge is -2.22. The number of hydrogen-bond acceptors (Lipinski definition) is 8. The highest BCUT2D eigenvalue weighted by atomic mass is 19.1. The third-order valence-electron chi connectivity index (χ3n) is 7.18. The molecular weight excluding hydrogens is 675 g/mol. The number of benzene rings is 2. The molecule has 0 saturated heterocycles. The summed E-state index contributed by atoms with van der Waals surface area (Å²) in [5.41, 5.74) is 3.41. The molecule has 2 heterocycles. The maximum Gasteiger partial charge on any atom is 0.419 e. The van der Waals surface area contributed by atoms with Gasteiger partial charge in [-0.25, -0.2) is 27.3 Å². The molecule has 13 nitrogen and oxygen atoms in total. The summed E-state index contributed by atoms with van der Waals surface area (Å²) in [5.74, 6) is -4.04. The van der Waals surface area contributed by atoms with Gasteiger partial charge in [0.25, 0.3) is 5.56 Å². The third-order valence-corrected chi connectivity index (χ3v) is 7.18. The van der Waals surface area contributed by atoms with Crippen LogP contribution < -0.4 is 26.7 Å². The van der Waals surface area contributed by atoms with Gasteiger partial charge in [-0.15, -0.1) is 0 Å². The molecule has 0 fully saturated rings. The highest BCUT2D eigenvalue weighted by Crippen LogP contribution is 2.33. The largest absolute Gasteiger partial charge is 0.486 e. The van der Waals surface area contributed by atoms with Crippen molar-refractivity contribution >= 4 is 40.6 Å². The van der Waals surface area contributed by atoms with Crippen LogP contribution in [0.2, 0.25) is 0 Å². The van der Waals surface area contributed by atoms with Crippen LogP contribution in [0.5, 0.6) is 5.75 Å². The van der Waals surface area contributed by atoms with E-state index in [0.717, 1.165) is 36.0 Å². The van der Waals surface area contributed by atoms with E-state index in [4.69, 9.17) is 15.2 Å². The normalized spacial score (nSPS) is 12.1. The van der Waals surface area contributed by atoms with Crippen LogP contribution in [0.15, 0.2) is 71.7 Å². The molecule has 2 aromatic heterocycles. The molecular formula is C35H36F3N5O8. The minimum Gasteiger partial charge on any atom is -0.486 e. The van der Waals surface area contributed by atoms with E-state index in [2.05, 4.69) is 15.4 Å². The van der Waals surface area contributed by atoms with E-state index in [1.807, 2.05) is 0 Å². The standard InChI is InChI=1S/C35H36F3N5O8/c1-35(2,3)51-34(48)43-24(15-21-14-23(37)17-28(30(21)43)50-19-20-11-12-22(36)16-25(20)38)18-42-13-7-9-27(32(42)46)40-31(45)26(41-33(47)49-4)8-5-6-10-29(39)44/h6-7,9-17,26H,5,8,18-19H2,1-4H3,(H2,39,44)(H,40,45)(H,41,47)/b10-6+/t26-/m0/s1. The van der Waals surface area contributed by atoms with Gasteiger partial charge in [0.2, 0.25) is 11.8 Å². The van der Waals surface area contributed by atoms with E-state index in [1.165, 1.54) is 41.1 Å². The van der Waals surface area contributed by atoms with E-state index < -0.39 is 65.3 Å². The zero-order valence-electron chi connectivity index (χ0n) is 28.1. The number of ether oxygens (including phenoxy) is 3. The molecule has 16 heteroatoms. The summed E-state index contributed by atoms with van der Waals surface area (Å²) < 4.78 is 60.9. The van der Waals surface area contributed by atoms with Gasteiger partial charge < -0.3 is 35.1 Å². The molecule has 0 saturated carbocycles. The summed E-state index contributed by atoms with van der Waals surface area (Å²) in [6.45, 7) is 4.19. The zero-order valence-corrected chi connectivity index (χ0v) is 28.1. The monoisotopic (exact) mass is 711 g/mol. The Morgan fingerprint density at radius 1 is 1.02 bits per heavy atom. The van der Waals surface area contributed by atoms with Gasteiger partial charge in [0, 0.05) is 29.3 Å². The molecule has 4 aromatic rings. The van der Waals surface area contributed by atoms with Crippen molar-refractivity contribution in [3.8, 4) is 5.75 Å². The number of primary amides is 1. The average Bonchev–Trinajstić information content (AvgIpc) is 3.40. The second kappa shape index (κ2) is 16.1. The zero-order chi connectivity index (χ0) is 37.5. The van der Waals surface area contributed by atoms with Gasteiger partial charge in [-0.3, -0.25) is 14.4 Å². The lowest BCUT2D eigenvalue weighted by Crippen LogP contribution is -2.44. The van der Waals surface area contributed by atoms with E-state index >= 15 is 0 Å². The summed E-state index contributed by atoms with van der Waals surface area (Å²) in [4.78, 5) is 63.3. The smallest absolute Gasteiger partial charge is 0.419 e. The van der Waals surface area contributed by atoms with E-state index in [0.29, 0.717) is 6.07 Å². The van der Waals surface area contributed by atoms with Gasteiger partial charge >= 0.3 is 12.2 Å². The molecule has 0 unspecified atom stereocenters. The number of anilines is 1. The first kappa shape index (κ1) is 37.8. The van der Waals surface area contributed by atoms with Crippen LogP contribution in [-0.4, -0.2) is 51.9 Å². The number of nitrogens with two attached hydrogens (primary N) is 1. The fourth-order valence-electron chi connectivity index (χ4n) is 4.95. The SMILES string of the molecule is COC(=O)N[C@@H](CC/C=C/C(N)=O)C(=O)Nc1cccn(Cc2cc3cc(F)cc(OCc4ccc(F)cc4F)c3n2C(=O)OC(C)(C)C)c1=O. The molecule has 51 heavy (non-hydrogen) atoms. The van der Waals surface area contributed by atoms with Crippen molar-refractivity contribution in [2.75, 3.05) is 12.4 Å². The van der Waals surface area contributed by atoms with Gasteiger partial charge in [-0.2, -0.15) is 0 Å². The maximum atomic E-state index is 14.9. The number of pyridine rings is 1. The molecule has 0 aliphatic carbocycles. The van der Waals surface area contributed by atoms with Crippen molar-refractivity contribution in [1.29, 1.82) is 0 Å². The first-order valence-electron chi connectivity index (χ1n) is 15.5. The van der Waals surface area contributed by atoms with Crippen LogP contribution in [0.1, 0.15) is 44.9 Å². The van der Waals surface area contributed by atoms with Gasteiger partial charge in [0.15, 0.2) is 0 Å². The molecule has 4 rings (SSSR count). The van der Waals surface area contributed by atoms with Crippen LogP contribution in [0.3, 0.4) is 0 Å². The Morgan fingerprint density at radius 3 is 2.43 bits per heavy atom. The fraction of sp³-hybridized carbons (Fsp3) is 0.286. The number of carbonyl (C=O) groups excluding carboxylic acids is 4. The molecule has 1 atom stereocenters. The Bertz CT molecular complexity index is 2050. The predicted octanol–water partition coefficient (Wildman–Crippen LogP) is 5.12. The third kappa shape index (κ3) is 9.99. The lowest BCUT2D eigenvalue weighted by molar-refractivity contribution is -0.118. The number of nitrogens with zero attached hydrogens (tertiary/aromatic N) is 2. The van der Waals surface area contributed by atoms with Crippen LogP contribution in [-0.2, 0) is 32.2 Å². The number of carbonyl (C=O) groups is 4. The molecule has 0 aliphatic heterocycles. The average molecular weight is 712 g/mol. The molecule has 3 amide bonds. The first-order valence-corrected chi connectivity index (χ1v) is 15.5. The summed E-state index contributed by atoms with van der Waals surface area (Å²) in [5, 5.41) is 5.04. The molecule has 270 valence electrons. The van der Waals surface area contributed by atoms with Crippen molar-refractivity contribution in [3.63, 3.8) is 0 Å². The minimum atomic E-state index is -1.17. The summed E-state index contributed by atoms with van der Waals surface area (Å²) in [6, 6.07) is 8.09. The lowest BCUT2D eigenvalue weighted by atomic mass is 10.1. The number of rotatable bonds is 12. The Labute approximate surface area is 289 Å². The summed E-state index contributed by atoms with van der Waals surface area (Å²) in [7, 11) is 1.11. The highest BCUT2D eigenvalue weighted by molar-refractivity contribution is 5.97. The fourth-order valence-corrected chi connectivity index (χ4v) is 4.95. The second-order valence-electron chi connectivity index (χ2n) is 12.2. The van der Waals surface area contributed by atoms with Crippen molar-refractivity contribution < 1.29 is 46.6 Å². The van der Waals surface area contributed by atoms with Crippen LogP contribution in [0.25, 0.3) is 10.9 Å². The van der Waals surface area contributed by atoms with Crippen molar-refractivity contribution in [3.05, 3.63) is 106 Å². The Hall–Kier alpha value is -6.06. The van der Waals surface area contributed by atoms with Gasteiger partial charge in [-0.1, -0.05) is 6.08 Å². The van der Waals surface area contributed by atoms with Crippen LogP contribution in [0, 0.1) is 17.5 Å². The van der Waals surface area contributed by atoms with Crippen LogP contribution >= 0.6 is 0 Å². The number of nitrogens with one attached hydrogen (secondary N) is 2. The molecule has 0 bridgehead atoms. The number of halogens is 3. The Balaban J connectivity index is 1.70. The van der Waals surface area contributed by atoms with Crippen molar-refractivity contribution in [2.24, 2.45) is 5.73 Å². The molecule has 0 spiro atoms. The summed E-state index contributed by atoms with van der Waals surface area (Å²) >= 11 is 0. The minimum absolute atomic E-state index is 0.0243. The number of hydrogen-bond donors (Lipinski definition) is 3. The van der Waals surface area contributed by atoms with Gasteiger partial charge in [0.1, 0.15) is 52.7 Å². The molecule has 0 aliphatic rings. The summed E-state index contributed by atoms with van der Waals surface area (Å²) in [6.07, 6.45) is 2.32. The highest BCUT2D eigenvalue weighted by Gasteiger charge is 2.26. The number of aromatic nitrogens is 2. The van der Waals surface area contributed by atoms with E-state index in [1.54, 1.807) is 20.8 Å².